The molecular formula is C18H20F3N3O5. The molecule has 1 heterocycles. The Hall–Kier alpha value is -3.11. The van der Waals surface area contributed by atoms with Crippen LogP contribution in [0.5, 0.6) is 0 Å². The summed E-state index contributed by atoms with van der Waals surface area (Å²) in [6, 6.07) is 0.676. The molecule has 0 aromatic heterocycles. The Balaban J connectivity index is 1.99. The van der Waals surface area contributed by atoms with Gasteiger partial charge in [-0.05, 0) is 31.9 Å². The molecule has 1 aliphatic rings. The fraction of sp³-hybridized carbons (Fsp3) is 0.444. The molecule has 0 unspecified atom stereocenters. The van der Waals surface area contributed by atoms with E-state index in [1.807, 2.05) is 5.32 Å². The van der Waals surface area contributed by atoms with Crippen LogP contribution in [-0.2, 0) is 19.1 Å². The van der Waals surface area contributed by atoms with Gasteiger partial charge in [0.25, 0.3) is 11.8 Å². The zero-order valence-corrected chi connectivity index (χ0v) is 16.0. The van der Waals surface area contributed by atoms with E-state index in [-0.39, 0.29) is 0 Å². The smallest absolute Gasteiger partial charge is 0.327 e. The van der Waals surface area contributed by atoms with E-state index >= 15 is 0 Å². The van der Waals surface area contributed by atoms with Crippen molar-refractivity contribution in [2.24, 2.45) is 0 Å². The molecule has 158 valence electrons. The number of hydrogen-bond donors (Lipinski definition) is 2. The molecule has 0 saturated carbocycles. The van der Waals surface area contributed by atoms with Gasteiger partial charge in [0.2, 0.25) is 0 Å². The number of benzene rings is 1. The third-order valence-corrected chi connectivity index (χ3v) is 4.71. The number of urea groups is 1. The van der Waals surface area contributed by atoms with E-state index in [2.05, 4.69) is 5.32 Å². The van der Waals surface area contributed by atoms with E-state index in [9.17, 15) is 32.3 Å². The summed E-state index contributed by atoms with van der Waals surface area (Å²) in [5.41, 5.74) is -1.73. The van der Waals surface area contributed by atoms with Crippen molar-refractivity contribution in [3.05, 3.63) is 29.6 Å². The average Bonchev–Trinajstić information content (AvgIpc) is 2.92. The third kappa shape index (κ3) is 4.33. The molecule has 11 heteroatoms. The molecule has 0 bridgehead atoms. The van der Waals surface area contributed by atoms with Crippen LogP contribution >= 0.6 is 0 Å². The van der Waals surface area contributed by atoms with E-state index in [1.54, 1.807) is 13.8 Å². The predicted molar refractivity (Wildman–Crippen MR) is 94.1 cm³/mol. The largest absolute Gasteiger partial charge is 0.451 e. The summed E-state index contributed by atoms with van der Waals surface area (Å²) in [4.78, 5) is 49.2. The lowest BCUT2D eigenvalue weighted by molar-refractivity contribution is -0.155. The summed E-state index contributed by atoms with van der Waals surface area (Å²) in [5, 5.41) is 4.51. The van der Waals surface area contributed by atoms with Crippen molar-refractivity contribution in [1.82, 2.24) is 10.2 Å². The lowest BCUT2D eigenvalue weighted by atomic mass is 9.93. The van der Waals surface area contributed by atoms with Gasteiger partial charge in [0, 0.05) is 0 Å². The number of carbonyl (C=O) groups excluding carboxylic acids is 4. The van der Waals surface area contributed by atoms with Crippen LogP contribution in [0, 0.1) is 17.5 Å². The van der Waals surface area contributed by atoms with Crippen LogP contribution in [-0.4, -0.2) is 46.9 Å². The first-order valence-electron chi connectivity index (χ1n) is 8.84. The fourth-order valence-corrected chi connectivity index (χ4v) is 2.82. The summed E-state index contributed by atoms with van der Waals surface area (Å²) in [5.74, 6) is -7.44. The van der Waals surface area contributed by atoms with Gasteiger partial charge >= 0.3 is 12.0 Å². The molecular weight excluding hydrogens is 395 g/mol. The van der Waals surface area contributed by atoms with Crippen molar-refractivity contribution in [1.29, 1.82) is 0 Å². The molecule has 0 aliphatic carbocycles. The number of nitrogens with one attached hydrogen (secondary N) is 2. The molecule has 8 nitrogen and oxygen atoms in total. The Morgan fingerprint density at radius 1 is 1.17 bits per heavy atom. The van der Waals surface area contributed by atoms with Crippen LogP contribution < -0.4 is 10.6 Å². The number of esters is 1. The second kappa shape index (κ2) is 8.50. The SMILES string of the molecule is CCC1(CC)NC(=O)N(CC(=O)O[C@H](C)C(=O)Nc2ccc(F)c(F)c2F)C1=O. The van der Waals surface area contributed by atoms with Gasteiger partial charge < -0.3 is 15.4 Å². The molecule has 1 aromatic rings. The highest BCUT2D eigenvalue weighted by Crippen LogP contribution is 2.25. The summed E-state index contributed by atoms with van der Waals surface area (Å²) in [6.45, 7) is 3.86. The molecule has 2 N–H and O–H groups in total. The number of nitrogens with zero attached hydrogens (tertiary/aromatic N) is 1. The molecule has 1 saturated heterocycles. The van der Waals surface area contributed by atoms with Gasteiger partial charge in [-0.3, -0.25) is 19.3 Å². The number of amides is 4. The lowest BCUT2D eigenvalue weighted by Gasteiger charge is -2.23. The van der Waals surface area contributed by atoms with Crippen LogP contribution in [0.15, 0.2) is 12.1 Å². The number of anilines is 1. The number of rotatable bonds is 7. The average molecular weight is 415 g/mol. The predicted octanol–water partition coefficient (Wildman–Crippen LogP) is 2.08. The Morgan fingerprint density at radius 2 is 1.79 bits per heavy atom. The van der Waals surface area contributed by atoms with Crippen molar-refractivity contribution in [2.75, 3.05) is 11.9 Å². The van der Waals surface area contributed by atoms with Gasteiger partial charge in [-0.2, -0.15) is 0 Å². The fourth-order valence-electron chi connectivity index (χ4n) is 2.82. The lowest BCUT2D eigenvalue weighted by Crippen LogP contribution is -2.46. The second-order valence-electron chi connectivity index (χ2n) is 6.45. The first-order valence-corrected chi connectivity index (χ1v) is 8.84. The molecule has 4 amide bonds. The molecule has 1 aliphatic heterocycles. The molecule has 0 radical (unpaired) electrons. The minimum absolute atomic E-state index is 0.332. The van der Waals surface area contributed by atoms with Crippen molar-refractivity contribution in [2.45, 2.75) is 45.3 Å². The first-order chi connectivity index (χ1) is 13.6. The molecule has 1 aromatic carbocycles. The third-order valence-electron chi connectivity index (χ3n) is 4.71. The van der Waals surface area contributed by atoms with Crippen LogP contribution in [0.3, 0.4) is 0 Å². The van der Waals surface area contributed by atoms with Crippen molar-refractivity contribution in [3.8, 4) is 0 Å². The molecule has 29 heavy (non-hydrogen) atoms. The number of halogens is 3. The number of hydrogen-bond acceptors (Lipinski definition) is 5. The highest BCUT2D eigenvalue weighted by atomic mass is 19.2. The van der Waals surface area contributed by atoms with E-state index in [1.165, 1.54) is 0 Å². The maximum atomic E-state index is 13.6. The van der Waals surface area contributed by atoms with Crippen molar-refractivity contribution >= 4 is 29.5 Å². The molecule has 1 fully saturated rings. The van der Waals surface area contributed by atoms with E-state index in [4.69, 9.17) is 4.74 Å². The summed E-state index contributed by atoms with van der Waals surface area (Å²) < 4.78 is 44.6. The Kier molecular flexibility index (Phi) is 6.50. The van der Waals surface area contributed by atoms with E-state index in [0.717, 1.165) is 13.0 Å². The Bertz CT molecular complexity index is 857. The van der Waals surface area contributed by atoms with E-state index in [0.29, 0.717) is 23.8 Å². The highest BCUT2D eigenvalue weighted by Gasteiger charge is 2.49. The van der Waals surface area contributed by atoms with Gasteiger partial charge in [-0.1, -0.05) is 13.8 Å². The summed E-state index contributed by atoms with van der Waals surface area (Å²) in [7, 11) is 0. The highest BCUT2D eigenvalue weighted by molar-refractivity contribution is 6.08. The van der Waals surface area contributed by atoms with Gasteiger partial charge in [-0.15, -0.1) is 0 Å². The molecule has 2 rings (SSSR count). The van der Waals surface area contributed by atoms with Crippen molar-refractivity contribution in [3.63, 3.8) is 0 Å². The number of imide groups is 1. The minimum Gasteiger partial charge on any atom is -0.451 e. The minimum atomic E-state index is -1.76. The summed E-state index contributed by atoms with van der Waals surface area (Å²) >= 11 is 0. The zero-order chi connectivity index (χ0) is 21.9. The van der Waals surface area contributed by atoms with Gasteiger partial charge in [-0.25, -0.2) is 18.0 Å². The molecule has 0 spiro atoms. The van der Waals surface area contributed by atoms with Gasteiger partial charge in [0.05, 0.1) is 5.69 Å². The standard InChI is InChI=1S/C18H20F3N3O5/c1-4-18(5-2)16(27)24(17(28)23-18)8-12(25)29-9(3)15(26)22-11-7-6-10(19)13(20)14(11)21/h6-7,9H,4-5,8H2,1-3H3,(H,22,26)(H,23,28)/t9-/m1/s1. The topological polar surface area (TPSA) is 105 Å². The maximum absolute atomic E-state index is 13.6. The van der Waals surface area contributed by atoms with Gasteiger partial charge in [0.15, 0.2) is 23.6 Å². The number of ether oxygens (including phenoxy) is 1. The monoisotopic (exact) mass is 415 g/mol. The second-order valence-corrected chi connectivity index (χ2v) is 6.45. The van der Waals surface area contributed by atoms with Crippen LogP contribution in [0.2, 0.25) is 0 Å². The zero-order valence-electron chi connectivity index (χ0n) is 16.0. The Morgan fingerprint density at radius 3 is 2.34 bits per heavy atom. The van der Waals surface area contributed by atoms with Gasteiger partial charge in [0.1, 0.15) is 12.1 Å². The van der Waals surface area contributed by atoms with E-state index < -0.39 is 65.1 Å². The normalized spacial score (nSPS) is 16.4. The Labute approximate surface area is 164 Å². The maximum Gasteiger partial charge on any atom is 0.327 e. The van der Waals surface area contributed by atoms with Crippen molar-refractivity contribution < 1.29 is 37.1 Å². The summed E-state index contributed by atoms with van der Waals surface area (Å²) in [6.07, 6.45) is -0.797. The number of carbonyl (C=O) groups is 4. The van der Waals surface area contributed by atoms with Crippen LogP contribution in [0.4, 0.5) is 23.7 Å². The van der Waals surface area contributed by atoms with Crippen LogP contribution in [0.1, 0.15) is 33.6 Å². The van der Waals surface area contributed by atoms with Crippen LogP contribution in [0.25, 0.3) is 0 Å². The first kappa shape index (κ1) is 22.2. The quantitative estimate of drug-likeness (QED) is 0.403. The molecule has 1 atom stereocenters.